The third-order valence-corrected chi connectivity index (χ3v) is 8.72. The fourth-order valence-corrected chi connectivity index (χ4v) is 5.81. The summed E-state index contributed by atoms with van der Waals surface area (Å²) in [5.74, 6) is -0.875. The highest BCUT2D eigenvalue weighted by atomic mass is 16.5. The van der Waals surface area contributed by atoms with E-state index in [1.807, 2.05) is 19.0 Å². The van der Waals surface area contributed by atoms with Gasteiger partial charge < -0.3 is 19.7 Å². The van der Waals surface area contributed by atoms with Gasteiger partial charge in [-0.3, -0.25) is 14.4 Å². The molecule has 0 aliphatic carbocycles. The minimum atomic E-state index is -0.601. The Hall–Kier alpha value is -1.63. The van der Waals surface area contributed by atoms with Gasteiger partial charge >= 0.3 is 11.9 Å². The van der Waals surface area contributed by atoms with E-state index in [9.17, 15) is 14.4 Å². The van der Waals surface area contributed by atoms with E-state index in [2.05, 4.69) is 19.2 Å². The van der Waals surface area contributed by atoms with Crippen molar-refractivity contribution >= 4 is 17.8 Å². The van der Waals surface area contributed by atoms with Crippen LogP contribution in [0.2, 0.25) is 0 Å². The summed E-state index contributed by atoms with van der Waals surface area (Å²) in [4.78, 5) is 39.7. The van der Waals surface area contributed by atoms with Gasteiger partial charge in [-0.2, -0.15) is 0 Å². The maximum atomic E-state index is 12.6. The minimum Gasteiger partial charge on any atom is -0.466 e. The summed E-state index contributed by atoms with van der Waals surface area (Å²) >= 11 is 0. The quantitative estimate of drug-likeness (QED) is 0.0542. The van der Waals surface area contributed by atoms with Crippen LogP contribution in [0.5, 0.6) is 0 Å². The van der Waals surface area contributed by atoms with E-state index in [0.29, 0.717) is 19.6 Å². The number of esters is 2. The normalized spacial score (nSPS) is 11.3. The predicted octanol–water partition coefficient (Wildman–Crippen LogP) is 10.1. The molecule has 0 saturated heterocycles. The van der Waals surface area contributed by atoms with Crippen molar-refractivity contribution in [1.82, 2.24) is 10.2 Å². The van der Waals surface area contributed by atoms with Gasteiger partial charge in [-0.25, -0.2) is 0 Å². The lowest BCUT2D eigenvalue weighted by atomic mass is 10.1. The molecular weight excluding hydrogens is 576 g/mol. The van der Waals surface area contributed by atoms with Crippen LogP contribution in [0, 0.1) is 0 Å². The van der Waals surface area contributed by atoms with Gasteiger partial charge in [-0.05, 0) is 39.9 Å². The lowest BCUT2D eigenvalue weighted by Gasteiger charge is -2.18. The zero-order valence-corrected chi connectivity index (χ0v) is 31.0. The number of amides is 1. The Morgan fingerprint density at radius 1 is 0.500 bits per heavy atom. The summed E-state index contributed by atoms with van der Waals surface area (Å²) in [5, 5.41) is 2.89. The molecule has 0 spiro atoms. The molecule has 0 aromatic rings. The Balaban J connectivity index is 4.18. The van der Waals surface area contributed by atoms with Crippen molar-refractivity contribution in [1.29, 1.82) is 0 Å². The van der Waals surface area contributed by atoms with Crippen LogP contribution in [0.25, 0.3) is 0 Å². The van der Waals surface area contributed by atoms with E-state index in [0.717, 1.165) is 38.6 Å². The van der Waals surface area contributed by atoms with Gasteiger partial charge in [0.2, 0.25) is 5.91 Å². The minimum absolute atomic E-state index is 0.00855. The topological polar surface area (TPSA) is 84.9 Å². The second-order valence-corrected chi connectivity index (χ2v) is 13.8. The molecule has 0 bridgehead atoms. The average molecular weight is 653 g/mol. The number of carbonyl (C=O) groups is 3. The van der Waals surface area contributed by atoms with E-state index in [1.165, 1.54) is 128 Å². The molecule has 0 heterocycles. The molecule has 0 saturated carbocycles. The zero-order valence-electron chi connectivity index (χ0n) is 31.0. The molecule has 0 fully saturated rings. The van der Waals surface area contributed by atoms with Crippen molar-refractivity contribution in [3.8, 4) is 0 Å². The van der Waals surface area contributed by atoms with E-state index < -0.39 is 6.04 Å². The van der Waals surface area contributed by atoms with Crippen LogP contribution in [-0.2, 0) is 23.9 Å². The van der Waals surface area contributed by atoms with Crippen LogP contribution in [-0.4, -0.2) is 62.6 Å². The SMILES string of the molecule is CCCCCCCCCCCCCCOC(=O)CC(CC(=O)OCCCCCCCCCCCCCC)NC(=O)CCCN(C)C. The maximum Gasteiger partial charge on any atom is 0.307 e. The average Bonchev–Trinajstić information content (AvgIpc) is 3.01. The summed E-state index contributed by atoms with van der Waals surface area (Å²) in [6.45, 7) is 6.10. The van der Waals surface area contributed by atoms with E-state index in [-0.39, 0.29) is 30.7 Å². The smallest absolute Gasteiger partial charge is 0.307 e. The number of nitrogens with zero attached hydrogens (tertiary/aromatic N) is 1. The third kappa shape index (κ3) is 33.7. The van der Waals surface area contributed by atoms with Crippen LogP contribution in [0.3, 0.4) is 0 Å². The molecule has 0 aliphatic rings. The summed E-state index contributed by atoms with van der Waals surface area (Å²) in [6.07, 6.45) is 31.2. The Labute approximate surface area is 285 Å². The lowest BCUT2D eigenvalue weighted by Crippen LogP contribution is -2.39. The van der Waals surface area contributed by atoms with E-state index >= 15 is 0 Å². The first kappa shape index (κ1) is 44.4. The molecule has 0 atom stereocenters. The number of rotatable bonds is 35. The first-order valence-corrected chi connectivity index (χ1v) is 19.6. The monoisotopic (exact) mass is 653 g/mol. The van der Waals surface area contributed by atoms with Crippen molar-refractivity contribution in [2.75, 3.05) is 33.9 Å². The number of ether oxygens (including phenoxy) is 2. The molecule has 1 N–H and O–H groups in total. The Bertz CT molecular complexity index is 656. The highest BCUT2D eigenvalue weighted by Crippen LogP contribution is 2.14. The molecule has 0 aliphatic heterocycles. The standard InChI is InChI=1S/C39H76N2O5/c1-5-7-9-11-13-15-17-19-21-23-25-27-32-45-38(43)34-36(40-37(42)30-29-31-41(3)4)35-39(44)46-33-28-26-24-22-20-18-16-14-12-10-8-6-2/h36H,5-35H2,1-4H3,(H,40,42). The van der Waals surface area contributed by atoms with Crippen molar-refractivity contribution < 1.29 is 23.9 Å². The summed E-state index contributed by atoms with van der Waals surface area (Å²) in [6, 6.07) is -0.601. The molecule has 0 rings (SSSR count). The van der Waals surface area contributed by atoms with E-state index in [4.69, 9.17) is 9.47 Å². The molecule has 0 aromatic heterocycles. The number of carbonyl (C=O) groups excluding carboxylic acids is 3. The Morgan fingerprint density at radius 3 is 1.15 bits per heavy atom. The molecule has 0 aromatic carbocycles. The molecule has 7 heteroatoms. The summed E-state index contributed by atoms with van der Waals surface area (Å²) in [7, 11) is 3.94. The first-order chi connectivity index (χ1) is 22.4. The highest BCUT2D eigenvalue weighted by molar-refractivity contribution is 5.79. The second kappa shape index (κ2) is 34.7. The summed E-state index contributed by atoms with van der Waals surface area (Å²) < 4.78 is 10.9. The first-order valence-electron chi connectivity index (χ1n) is 19.6. The van der Waals surface area contributed by atoms with E-state index in [1.54, 1.807) is 0 Å². The van der Waals surface area contributed by atoms with Gasteiger partial charge in [0.05, 0.1) is 26.1 Å². The van der Waals surface area contributed by atoms with Crippen LogP contribution in [0.15, 0.2) is 0 Å². The van der Waals surface area contributed by atoms with Gasteiger partial charge in [-0.15, -0.1) is 0 Å². The lowest BCUT2D eigenvalue weighted by molar-refractivity contribution is -0.146. The van der Waals surface area contributed by atoms with Crippen molar-refractivity contribution in [2.24, 2.45) is 0 Å². The third-order valence-electron chi connectivity index (χ3n) is 8.72. The highest BCUT2D eigenvalue weighted by Gasteiger charge is 2.21. The fourth-order valence-electron chi connectivity index (χ4n) is 5.81. The predicted molar refractivity (Wildman–Crippen MR) is 193 cm³/mol. The van der Waals surface area contributed by atoms with Crippen molar-refractivity contribution in [2.45, 2.75) is 200 Å². The molecular formula is C39H76N2O5. The fraction of sp³-hybridized carbons (Fsp3) is 0.923. The molecule has 272 valence electrons. The molecule has 7 nitrogen and oxygen atoms in total. The number of hydrogen-bond donors (Lipinski definition) is 1. The Kier molecular flexibility index (Phi) is 33.5. The molecule has 46 heavy (non-hydrogen) atoms. The van der Waals surface area contributed by atoms with Gasteiger partial charge in [0.15, 0.2) is 0 Å². The van der Waals surface area contributed by atoms with Gasteiger partial charge in [0.1, 0.15) is 0 Å². The van der Waals surface area contributed by atoms with Gasteiger partial charge in [0, 0.05) is 12.5 Å². The number of nitrogens with one attached hydrogen (secondary N) is 1. The summed E-state index contributed by atoms with van der Waals surface area (Å²) in [5.41, 5.74) is 0. The van der Waals surface area contributed by atoms with Crippen molar-refractivity contribution in [3.63, 3.8) is 0 Å². The Morgan fingerprint density at radius 2 is 0.826 bits per heavy atom. The maximum absolute atomic E-state index is 12.6. The van der Waals surface area contributed by atoms with Crippen LogP contribution >= 0.6 is 0 Å². The van der Waals surface area contributed by atoms with Crippen LogP contribution < -0.4 is 5.32 Å². The number of unbranched alkanes of at least 4 members (excludes halogenated alkanes) is 22. The van der Waals surface area contributed by atoms with Crippen molar-refractivity contribution in [3.05, 3.63) is 0 Å². The van der Waals surface area contributed by atoms with Gasteiger partial charge in [0.25, 0.3) is 0 Å². The number of hydrogen-bond acceptors (Lipinski definition) is 6. The second-order valence-electron chi connectivity index (χ2n) is 13.8. The molecule has 1 amide bonds. The molecule has 0 radical (unpaired) electrons. The van der Waals surface area contributed by atoms with Gasteiger partial charge in [-0.1, -0.05) is 155 Å². The molecule has 0 unspecified atom stereocenters. The zero-order chi connectivity index (χ0) is 33.9. The van der Waals surface area contributed by atoms with Crippen LogP contribution in [0.4, 0.5) is 0 Å². The largest absolute Gasteiger partial charge is 0.466 e. The van der Waals surface area contributed by atoms with Crippen LogP contribution in [0.1, 0.15) is 194 Å².